The number of aliphatic hydroxyl groups is 1. The number of hydrogen-bond donors (Lipinski definition) is 3. The van der Waals surface area contributed by atoms with Gasteiger partial charge in [0.25, 0.3) is 5.91 Å². The molecule has 0 bridgehead atoms. The zero-order chi connectivity index (χ0) is 14.8. The smallest absolute Gasteiger partial charge is 0.257 e. The van der Waals surface area contributed by atoms with Gasteiger partial charge < -0.3 is 10.4 Å². The fourth-order valence-electron chi connectivity index (χ4n) is 2.06. The Bertz CT molecular complexity index is 800. The standard InChI is InChI=1S/C15H12ClN3O2/c16-11-3-1-2-9(6-11)14(20)15(21)18-12-4-5-13-10(7-12)8-17-19-13/h1-8,14,20H,(H,17,19)(H,18,21)/t14-/m1/s1. The van der Waals surface area contributed by atoms with Crippen LogP contribution in [-0.2, 0) is 4.79 Å². The normalized spacial score (nSPS) is 12.3. The number of aromatic amines is 1. The number of carbonyl (C=O) groups excluding carboxylic acids is 1. The number of carbonyl (C=O) groups is 1. The van der Waals surface area contributed by atoms with Crippen LogP contribution in [0.1, 0.15) is 11.7 Å². The van der Waals surface area contributed by atoms with Crippen molar-refractivity contribution in [1.82, 2.24) is 10.2 Å². The van der Waals surface area contributed by atoms with E-state index >= 15 is 0 Å². The Labute approximate surface area is 125 Å². The molecule has 0 aliphatic rings. The van der Waals surface area contributed by atoms with Gasteiger partial charge in [0.2, 0.25) is 0 Å². The number of amides is 1. The molecule has 106 valence electrons. The fraction of sp³-hybridized carbons (Fsp3) is 0.0667. The van der Waals surface area contributed by atoms with Crippen molar-refractivity contribution in [3.8, 4) is 0 Å². The van der Waals surface area contributed by atoms with Crippen LogP contribution < -0.4 is 5.32 Å². The van der Waals surface area contributed by atoms with E-state index in [1.807, 2.05) is 6.07 Å². The summed E-state index contributed by atoms with van der Waals surface area (Å²) >= 11 is 5.85. The van der Waals surface area contributed by atoms with Gasteiger partial charge in [-0.05, 0) is 35.9 Å². The molecule has 1 heterocycles. The van der Waals surface area contributed by atoms with Crippen molar-refractivity contribution >= 4 is 34.1 Å². The molecule has 2 aromatic carbocycles. The van der Waals surface area contributed by atoms with Crippen molar-refractivity contribution in [2.24, 2.45) is 0 Å². The van der Waals surface area contributed by atoms with Crippen molar-refractivity contribution in [3.63, 3.8) is 0 Å². The third-order valence-electron chi connectivity index (χ3n) is 3.12. The van der Waals surface area contributed by atoms with Crippen LogP contribution in [-0.4, -0.2) is 21.2 Å². The van der Waals surface area contributed by atoms with Crippen molar-refractivity contribution in [1.29, 1.82) is 0 Å². The lowest BCUT2D eigenvalue weighted by Crippen LogP contribution is -2.20. The molecule has 3 N–H and O–H groups in total. The number of aromatic nitrogens is 2. The lowest BCUT2D eigenvalue weighted by Gasteiger charge is -2.12. The molecule has 0 saturated heterocycles. The van der Waals surface area contributed by atoms with Gasteiger partial charge in [0.15, 0.2) is 6.10 Å². The van der Waals surface area contributed by atoms with E-state index in [4.69, 9.17) is 11.6 Å². The zero-order valence-electron chi connectivity index (χ0n) is 10.9. The molecule has 1 amide bonds. The first kappa shape index (κ1) is 13.6. The summed E-state index contributed by atoms with van der Waals surface area (Å²) < 4.78 is 0. The molecule has 0 unspecified atom stereocenters. The highest BCUT2D eigenvalue weighted by Crippen LogP contribution is 2.21. The number of halogens is 1. The van der Waals surface area contributed by atoms with E-state index in [1.54, 1.807) is 42.6 Å². The van der Waals surface area contributed by atoms with E-state index < -0.39 is 12.0 Å². The number of nitrogens with one attached hydrogen (secondary N) is 2. The summed E-state index contributed by atoms with van der Waals surface area (Å²) in [6, 6.07) is 11.9. The third kappa shape index (κ3) is 2.89. The van der Waals surface area contributed by atoms with Crippen molar-refractivity contribution in [2.75, 3.05) is 5.32 Å². The molecule has 0 aliphatic heterocycles. The Hall–Kier alpha value is -2.37. The number of H-pyrrole nitrogens is 1. The van der Waals surface area contributed by atoms with E-state index in [9.17, 15) is 9.90 Å². The van der Waals surface area contributed by atoms with E-state index in [2.05, 4.69) is 15.5 Å². The van der Waals surface area contributed by atoms with Gasteiger partial charge in [-0.25, -0.2) is 0 Å². The second-order valence-corrected chi connectivity index (χ2v) is 5.06. The van der Waals surface area contributed by atoms with Gasteiger partial charge in [-0.2, -0.15) is 5.10 Å². The summed E-state index contributed by atoms with van der Waals surface area (Å²) in [4.78, 5) is 12.1. The predicted molar refractivity (Wildman–Crippen MR) is 81.1 cm³/mol. The minimum absolute atomic E-state index is 0.449. The second-order valence-electron chi connectivity index (χ2n) is 4.62. The molecule has 0 fully saturated rings. The molecule has 1 aromatic heterocycles. The number of aliphatic hydroxyl groups excluding tert-OH is 1. The van der Waals surface area contributed by atoms with Gasteiger partial charge in [0, 0.05) is 16.1 Å². The molecule has 0 radical (unpaired) electrons. The van der Waals surface area contributed by atoms with E-state index in [1.165, 1.54) is 0 Å². The maximum atomic E-state index is 12.1. The lowest BCUT2D eigenvalue weighted by atomic mass is 10.1. The number of rotatable bonds is 3. The highest BCUT2D eigenvalue weighted by Gasteiger charge is 2.17. The van der Waals surface area contributed by atoms with Crippen molar-refractivity contribution in [3.05, 3.63) is 59.2 Å². The highest BCUT2D eigenvalue weighted by molar-refractivity contribution is 6.30. The number of nitrogens with zero attached hydrogens (tertiary/aromatic N) is 1. The van der Waals surface area contributed by atoms with Gasteiger partial charge in [-0.3, -0.25) is 9.89 Å². The Kier molecular flexibility index (Phi) is 3.60. The third-order valence-corrected chi connectivity index (χ3v) is 3.36. The van der Waals surface area contributed by atoms with Crippen LogP contribution >= 0.6 is 11.6 Å². The quantitative estimate of drug-likeness (QED) is 0.696. The average Bonchev–Trinajstić information content (AvgIpc) is 2.94. The molecule has 6 heteroatoms. The van der Waals surface area contributed by atoms with E-state index in [0.717, 1.165) is 10.9 Å². The summed E-state index contributed by atoms with van der Waals surface area (Å²) in [6.45, 7) is 0. The number of anilines is 1. The Morgan fingerprint density at radius 2 is 2.14 bits per heavy atom. The maximum Gasteiger partial charge on any atom is 0.257 e. The predicted octanol–water partition coefficient (Wildman–Crippen LogP) is 2.89. The topological polar surface area (TPSA) is 78.0 Å². The molecule has 21 heavy (non-hydrogen) atoms. The maximum absolute atomic E-state index is 12.1. The van der Waals surface area contributed by atoms with E-state index in [-0.39, 0.29) is 0 Å². The van der Waals surface area contributed by atoms with Crippen LogP contribution in [0.25, 0.3) is 10.9 Å². The molecule has 1 atom stereocenters. The summed E-state index contributed by atoms with van der Waals surface area (Å²) in [7, 11) is 0. The minimum atomic E-state index is -1.27. The number of fused-ring (bicyclic) bond motifs is 1. The molecule has 0 saturated carbocycles. The molecule has 3 aromatic rings. The summed E-state index contributed by atoms with van der Waals surface area (Å²) in [6.07, 6.45) is 0.391. The number of hydrogen-bond acceptors (Lipinski definition) is 3. The first-order valence-electron chi connectivity index (χ1n) is 6.31. The number of benzene rings is 2. The van der Waals surface area contributed by atoms with Crippen LogP contribution in [0.2, 0.25) is 5.02 Å². The van der Waals surface area contributed by atoms with Crippen molar-refractivity contribution in [2.45, 2.75) is 6.10 Å². The van der Waals surface area contributed by atoms with Gasteiger partial charge in [-0.1, -0.05) is 23.7 Å². The molecule has 5 nitrogen and oxygen atoms in total. The summed E-state index contributed by atoms with van der Waals surface area (Å²) in [5.41, 5.74) is 1.92. The van der Waals surface area contributed by atoms with Crippen LogP contribution in [0.3, 0.4) is 0 Å². The minimum Gasteiger partial charge on any atom is -0.378 e. The zero-order valence-corrected chi connectivity index (χ0v) is 11.6. The lowest BCUT2D eigenvalue weighted by molar-refractivity contribution is -0.124. The molecular formula is C15H12ClN3O2. The van der Waals surface area contributed by atoms with Gasteiger partial charge >= 0.3 is 0 Å². The fourth-order valence-corrected chi connectivity index (χ4v) is 2.26. The SMILES string of the molecule is O=C(Nc1ccc2[nH]ncc2c1)[C@H](O)c1cccc(Cl)c1. The highest BCUT2D eigenvalue weighted by atomic mass is 35.5. The molecular weight excluding hydrogens is 290 g/mol. The Morgan fingerprint density at radius 3 is 2.95 bits per heavy atom. The molecule has 3 rings (SSSR count). The van der Waals surface area contributed by atoms with Crippen LogP contribution in [0.5, 0.6) is 0 Å². The van der Waals surface area contributed by atoms with Gasteiger partial charge in [-0.15, -0.1) is 0 Å². The van der Waals surface area contributed by atoms with Crippen LogP contribution in [0, 0.1) is 0 Å². The van der Waals surface area contributed by atoms with Crippen LogP contribution in [0.4, 0.5) is 5.69 Å². The second kappa shape index (κ2) is 5.55. The van der Waals surface area contributed by atoms with Crippen LogP contribution in [0.15, 0.2) is 48.7 Å². The molecule has 0 spiro atoms. The summed E-state index contributed by atoms with van der Waals surface area (Å²) in [5.74, 6) is -0.514. The first-order chi connectivity index (χ1) is 10.1. The van der Waals surface area contributed by atoms with Gasteiger partial charge in [0.1, 0.15) is 0 Å². The molecule has 0 aliphatic carbocycles. The average molecular weight is 302 g/mol. The Morgan fingerprint density at radius 1 is 1.29 bits per heavy atom. The van der Waals surface area contributed by atoms with Gasteiger partial charge in [0.05, 0.1) is 11.7 Å². The first-order valence-corrected chi connectivity index (χ1v) is 6.69. The van der Waals surface area contributed by atoms with Crippen molar-refractivity contribution < 1.29 is 9.90 Å². The Balaban J connectivity index is 1.78. The monoisotopic (exact) mass is 301 g/mol. The summed E-state index contributed by atoms with van der Waals surface area (Å²) in [5, 5.41) is 20.8. The van der Waals surface area contributed by atoms with E-state index in [0.29, 0.717) is 16.3 Å². The largest absolute Gasteiger partial charge is 0.378 e.